The van der Waals surface area contributed by atoms with Gasteiger partial charge in [-0.1, -0.05) is 32.0 Å². The molecule has 0 saturated carbocycles. The van der Waals surface area contributed by atoms with E-state index in [4.69, 9.17) is 9.47 Å². The van der Waals surface area contributed by atoms with Crippen LogP contribution in [0.5, 0.6) is 11.5 Å². The number of carboxylic acid groups (broad SMARTS) is 1. The highest BCUT2D eigenvalue weighted by Crippen LogP contribution is 2.42. The number of fused-ring (bicyclic) bond motifs is 1. The van der Waals surface area contributed by atoms with E-state index in [1.54, 1.807) is 20.3 Å². The van der Waals surface area contributed by atoms with Crippen LogP contribution in [0.15, 0.2) is 60.8 Å². The fourth-order valence-electron chi connectivity index (χ4n) is 4.17. The largest absolute Gasteiger partial charge is 0.493 e. The molecule has 0 saturated heterocycles. The number of methoxy groups -OCH3 is 2. The van der Waals surface area contributed by atoms with E-state index in [2.05, 4.69) is 37.0 Å². The average Bonchev–Trinajstić information content (AvgIpc) is 3.25. The number of ether oxygens (including phenoxy) is 2. The Morgan fingerprint density at radius 1 is 0.903 bits per heavy atom. The molecule has 3 aromatic carbocycles. The second-order valence-electron chi connectivity index (χ2n) is 7.76. The van der Waals surface area contributed by atoms with Crippen molar-refractivity contribution in [3.8, 4) is 33.8 Å². The van der Waals surface area contributed by atoms with Gasteiger partial charge in [-0.25, -0.2) is 4.79 Å². The highest BCUT2D eigenvalue weighted by molar-refractivity contribution is 6.00. The summed E-state index contributed by atoms with van der Waals surface area (Å²) >= 11 is 0. The van der Waals surface area contributed by atoms with Crippen molar-refractivity contribution in [2.75, 3.05) is 14.2 Å². The molecule has 0 spiro atoms. The monoisotopic (exact) mass is 415 g/mol. The zero-order valence-electron chi connectivity index (χ0n) is 18.0. The molecule has 0 radical (unpaired) electrons. The number of carboxylic acids is 1. The first-order valence-corrected chi connectivity index (χ1v) is 10.1. The van der Waals surface area contributed by atoms with Gasteiger partial charge in [-0.2, -0.15) is 0 Å². The summed E-state index contributed by atoms with van der Waals surface area (Å²) in [6, 6.07) is 17.4. The van der Waals surface area contributed by atoms with Crippen LogP contribution in [0.25, 0.3) is 33.2 Å². The molecule has 1 heterocycles. The lowest BCUT2D eigenvalue weighted by molar-refractivity contribution is 0.0697. The fourth-order valence-corrected chi connectivity index (χ4v) is 4.17. The van der Waals surface area contributed by atoms with E-state index in [0.717, 1.165) is 33.2 Å². The van der Waals surface area contributed by atoms with E-state index in [1.807, 2.05) is 36.5 Å². The van der Waals surface area contributed by atoms with Crippen LogP contribution in [0.2, 0.25) is 0 Å². The van der Waals surface area contributed by atoms with E-state index in [-0.39, 0.29) is 11.5 Å². The molecule has 4 rings (SSSR count). The number of aromatic carboxylic acids is 1. The molecule has 4 aromatic rings. The van der Waals surface area contributed by atoms with E-state index < -0.39 is 5.97 Å². The van der Waals surface area contributed by atoms with Crippen molar-refractivity contribution in [3.63, 3.8) is 0 Å². The highest BCUT2D eigenvalue weighted by atomic mass is 16.5. The lowest BCUT2D eigenvalue weighted by atomic mass is 9.83. The number of carbonyl (C=O) groups is 1. The molecule has 0 atom stereocenters. The van der Waals surface area contributed by atoms with Crippen LogP contribution in [0.1, 0.15) is 35.7 Å². The van der Waals surface area contributed by atoms with Gasteiger partial charge in [-0.15, -0.1) is 0 Å². The number of hydrogen-bond acceptors (Lipinski definition) is 3. The summed E-state index contributed by atoms with van der Waals surface area (Å²) in [5, 5.41) is 11.1. The Hall–Kier alpha value is -3.73. The molecule has 31 heavy (non-hydrogen) atoms. The van der Waals surface area contributed by atoms with Gasteiger partial charge in [0.05, 0.1) is 19.8 Å². The van der Waals surface area contributed by atoms with Crippen LogP contribution < -0.4 is 9.47 Å². The van der Waals surface area contributed by atoms with Crippen molar-refractivity contribution in [3.05, 3.63) is 71.9 Å². The molecule has 0 aliphatic heterocycles. The van der Waals surface area contributed by atoms with Gasteiger partial charge in [-0.05, 0) is 70.0 Å². The molecule has 0 aliphatic carbocycles. The Balaban J connectivity index is 2.03. The minimum Gasteiger partial charge on any atom is -0.493 e. The Morgan fingerprint density at radius 2 is 1.65 bits per heavy atom. The maximum absolute atomic E-state index is 12.2. The third-order valence-corrected chi connectivity index (χ3v) is 5.59. The van der Waals surface area contributed by atoms with Gasteiger partial charge in [-0.3, -0.25) is 0 Å². The molecule has 0 unspecified atom stereocenters. The van der Waals surface area contributed by atoms with Crippen LogP contribution in [0.3, 0.4) is 0 Å². The molecule has 0 amide bonds. The molecule has 1 aromatic heterocycles. The number of benzene rings is 3. The van der Waals surface area contributed by atoms with E-state index in [9.17, 15) is 9.90 Å². The number of hydrogen-bond donors (Lipinski definition) is 2. The van der Waals surface area contributed by atoms with Crippen LogP contribution in [-0.4, -0.2) is 30.3 Å². The van der Waals surface area contributed by atoms with E-state index in [0.29, 0.717) is 17.1 Å². The van der Waals surface area contributed by atoms with Gasteiger partial charge in [0.1, 0.15) is 0 Å². The second kappa shape index (κ2) is 8.19. The van der Waals surface area contributed by atoms with Crippen molar-refractivity contribution < 1.29 is 19.4 Å². The maximum Gasteiger partial charge on any atom is 0.336 e. The Labute approximate surface area is 181 Å². The van der Waals surface area contributed by atoms with Gasteiger partial charge >= 0.3 is 5.97 Å². The predicted octanol–water partition coefficient (Wildman–Crippen LogP) is 6.34. The Kier molecular flexibility index (Phi) is 5.42. The normalized spacial score (nSPS) is 11.1. The van der Waals surface area contributed by atoms with Crippen LogP contribution >= 0.6 is 0 Å². The van der Waals surface area contributed by atoms with Gasteiger partial charge in [0, 0.05) is 17.3 Å². The number of H-pyrrole nitrogens is 1. The Bertz CT molecular complexity index is 1270. The zero-order chi connectivity index (χ0) is 22.1. The summed E-state index contributed by atoms with van der Waals surface area (Å²) in [6.45, 7) is 4.17. The first kappa shape index (κ1) is 20.5. The van der Waals surface area contributed by atoms with Crippen molar-refractivity contribution in [2.45, 2.75) is 19.8 Å². The molecule has 0 aliphatic rings. The Morgan fingerprint density at radius 3 is 2.32 bits per heavy atom. The quantitative estimate of drug-likeness (QED) is 0.385. The lowest BCUT2D eigenvalue weighted by Crippen LogP contribution is -2.06. The predicted molar refractivity (Wildman–Crippen MR) is 123 cm³/mol. The van der Waals surface area contributed by atoms with Crippen molar-refractivity contribution in [2.24, 2.45) is 0 Å². The molecule has 158 valence electrons. The molecule has 5 heteroatoms. The fraction of sp³-hybridized carbons (Fsp3) is 0.192. The van der Waals surface area contributed by atoms with Gasteiger partial charge in [0.25, 0.3) is 0 Å². The molecule has 0 bridgehead atoms. The second-order valence-corrected chi connectivity index (χ2v) is 7.76. The average molecular weight is 415 g/mol. The van der Waals surface area contributed by atoms with Crippen molar-refractivity contribution >= 4 is 16.9 Å². The van der Waals surface area contributed by atoms with Gasteiger partial charge < -0.3 is 19.6 Å². The summed E-state index contributed by atoms with van der Waals surface area (Å²) in [6.07, 6.45) is 1.92. The SMILES string of the molecule is COc1ccc(-c2c(C(=O)O)ccc(-c3ccc4[nH]ccc4c3)c2C(C)C)cc1OC. The summed E-state index contributed by atoms with van der Waals surface area (Å²) in [7, 11) is 3.16. The summed E-state index contributed by atoms with van der Waals surface area (Å²) in [5.74, 6) is 0.298. The molecular weight excluding hydrogens is 390 g/mol. The van der Waals surface area contributed by atoms with Gasteiger partial charge in [0.15, 0.2) is 11.5 Å². The standard InChI is InChI=1S/C26H25NO4/c1-15(2)24-19(16-5-9-21-17(13-16)11-12-27-21)7-8-20(26(28)29)25(24)18-6-10-22(30-3)23(14-18)31-4/h5-15,27H,1-4H3,(H,28,29). The molecular formula is C26H25NO4. The number of aromatic amines is 1. The zero-order valence-corrected chi connectivity index (χ0v) is 18.0. The molecule has 5 nitrogen and oxygen atoms in total. The first-order chi connectivity index (χ1) is 14.9. The minimum atomic E-state index is -0.959. The van der Waals surface area contributed by atoms with Gasteiger partial charge in [0.2, 0.25) is 0 Å². The van der Waals surface area contributed by atoms with Crippen LogP contribution in [-0.2, 0) is 0 Å². The van der Waals surface area contributed by atoms with Crippen LogP contribution in [0.4, 0.5) is 0 Å². The first-order valence-electron chi connectivity index (χ1n) is 10.1. The number of aromatic nitrogens is 1. The van der Waals surface area contributed by atoms with E-state index in [1.165, 1.54) is 0 Å². The van der Waals surface area contributed by atoms with Crippen LogP contribution in [0, 0.1) is 0 Å². The summed E-state index contributed by atoms with van der Waals surface area (Å²) in [4.78, 5) is 15.4. The lowest BCUT2D eigenvalue weighted by Gasteiger charge is -2.21. The van der Waals surface area contributed by atoms with Crippen molar-refractivity contribution in [1.29, 1.82) is 0 Å². The third-order valence-electron chi connectivity index (χ3n) is 5.59. The summed E-state index contributed by atoms with van der Waals surface area (Å²) in [5.41, 5.74) is 5.88. The number of nitrogens with one attached hydrogen (secondary N) is 1. The molecule has 2 N–H and O–H groups in total. The van der Waals surface area contributed by atoms with E-state index >= 15 is 0 Å². The highest BCUT2D eigenvalue weighted by Gasteiger charge is 2.23. The van der Waals surface area contributed by atoms with Crippen molar-refractivity contribution in [1.82, 2.24) is 4.98 Å². The maximum atomic E-state index is 12.2. The topological polar surface area (TPSA) is 71.5 Å². The molecule has 0 fully saturated rings. The minimum absolute atomic E-state index is 0.0966. The number of rotatable bonds is 6. The smallest absolute Gasteiger partial charge is 0.336 e. The summed E-state index contributed by atoms with van der Waals surface area (Å²) < 4.78 is 10.8. The third kappa shape index (κ3) is 3.63.